The second kappa shape index (κ2) is 28.7. The van der Waals surface area contributed by atoms with Gasteiger partial charge in [-0.25, -0.2) is 39.5 Å². The average Bonchev–Trinajstić information content (AvgIpc) is 1.54. The minimum Gasteiger partial charge on any atom is -0.506 e. The number of aromatic nitrogens is 7. The van der Waals surface area contributed by atoms with Crippen molar-refractivity contribution in [2.75, 3.05) is 55.0 Å². The number of allylic oxidation sites excluding steroid dienone is 1. The summed E-state index contributed by atoms with van der Waals surface area (Å²) in [5.74, 6) is -6.18. The highest BCUT2D eigenvalue weighted by Crippen LogP contribution is 2.43. The van der Waals surface area contributed by atoms with E-state index in [0.717, 1.165) is 63.2 Å². The first-order valence-electron chi connectivity index (χ1n) is 30.7. The van der Waals surface area contributed by atoms with Crippen LogP contribution in [0.25, 0.3) is 49.3 Å². The van der Waals surface area contributed by atoms with Gasteiger partial charge in [-0.3, -0.25) is 24.0 Å². The van der Waals surface area contributed by atoms with Crippen molar-refractivity contribution in [3.8, 4) is 38.4 Å². The Morgan fingerprint density at radius 2 is 1.51 bits per heavy atom. The molecule has 4 aliphatic rings. The van der Waals surface area contributed by atoms with E-state index < -0.39 is 121 Å². The van der Waals surface area contributed by atoms with E-state index in [0.29, 0.717) is 29.4 Å². The number of aliphatic hydroxyl groups is 2. The zero-order valence-electron chi connectivity index (χ0n) is 54.1. The molecule has 10 atom stereocenters. The maximum atomic E-state index is 15.2. The summed E-state index contributed by atoms with van der Waals surface area (Å²) < 4.78 is 37.9. The van der Waals surface area contributed by atoms with Gasteiger partial charge in [-0.05, 0) is 86.5 Å². The number of ether oxygens (including phenoxy) is 6. The van der Waals surface area contributed by atoms with E-state index in [2.05, 4.69) is 46.5 Å². The normalized spacial score (nSPS) is 24.2. The lowest BCUT2D eigenvalue weighted by molar-refractivity contribution is -0.280. The van der Waals surface area contributed by atoms with E-state index >= 15 is 9.59 Å². The number of methoxy groups -OCH3 is 1. The third kappa shape index (κ3) is 14.3. The van der Waals surface area contributed by atoms with E-state index in [-0.39, 0.29) is 106 Å². The Kier molecular flexibility index (Phi) is 20.3. The number of nitrogens with zero attached hydrogens (tertiary/aromatic N) is 8. The van der Waals surface area contributed by atoms with Gasteiger partial charge in [-0.1, -0.05) is 12.1 Å². The fraction of sp³-hybridized carbons (Fsp3) is 0.413. The van der Waals surface area contributed by atoms with Crippen LogP contribution in [0, 0.1) is 0 Å². The van der Waals surface area contributed by atoms with Crippen LogP contribution in [-0.2, 0) is 51.2 Å². The molecule has 0 aliphatic carbocycles. The van der Waals surface area contributed by atoms with E-state index in [9.17, 15) is 39.3 Å². The molecule has 4 aliphatic heterocycles. The number of cyclic esters (lactones) is 2. The molecule has 12 rings (SSSR count). The van der Waals surface area contributed by atoms with Crippen molar-refractivity contribution < 1.29 is 77.3 Å². The van der Waals surface area contributed by atoms with Gasteiger partial charge in [0.05, 0.1) is 37.6 Å². The predicted molar refractivity (Wildman–Crippen MR) is 359 cm³/mol. The Bertz CT molecular complexity index is 4440. The van der Waals surface area contributed by atoms with Crippen LogP contribution in [0.5, 0.6) is 5.75 Å². The molecule has 0 radical (unpaired) electrons. The number of esters is 2. The van der Waals surface area contributed by atoms with Crippen molar-refractivity contribution in [3.05, 3.63) is 112 Å². The molecule has 5 amide bonds. The van der Waals surface area contributed by atoms with Gasteiger partial charge < -0.3 is 85.1 Å². The molecule has 1 aromatic carbocycles. The molecule has 516 valence electrons. The molecule has 1 fully saturated rings. The predicted octanol–water partition coefficient (Wildman–Crippen LogP) is 5.13. The van der Waals surface area contributed by atoms with Crippen molar-refractivity contribution in [2.24, 2.45) is 0 Å². The molecule has 1 saturated heterocycles. The fourth-order valence-corrected chi connectivity index (χ4v) is 16.2. The van der Waals surface area contributed by atoms with Crippen LogP contribution in [0.4, 0.5) is 0 Å². The molecule has 12 bridgehead atoms. The first-order valence-corrected chi connectivity index (χ1v) is 35.1. The number of thiazole rings is 5. The number of carbonyl (C=O) groups is 7. The number of likely N-dealkylation sites (N-methyl/N-ethyl adjacent to an activating group) is 1. The summed E-state index contributed by atoms with van der Waals surface area (Å²) in [7, 11) is 8.76. The number of aromatic amines is 1. The minimum absolute atomic E-state index is 0.00840. The van der Waals surface area contributed by atoms with E-state index in [1.54, 1.807) is 51.5 Å². The Morgan fingerprint density at radius 1 is 0.827 bits per heavy atom. The quantitative estimate of drug-likeness (QED) is 0.0460. The zero-order chi connectivity index (χ0) is 69.6. The molecule has 10 unspecified atom stereocenters. The Hall–Kier alpha value is -8.59. The van der Waals surface area contributed by atoms with Crippen molar-refractivity contribution >= 4 is 115 Å². The number of aromatic hydroxyl groups is 1. The number of fused-ring (bicyclic) bond motifs is 15. The summed E-state index contributed by atoms with van der Waals surface area (Å²) in [6.07, 6.45) is -6.53. The van der Waals surface area contributed by atoms with Gasteiger partial charge in [0.25, 0.3) is 23.6 Å². The highest BCUT2D eigenvalue weighted by molar-refractivity contribution is 7.14. The van der Waals surface area contributed by atoms with Crippen LogP contribution < -0.4 is 26.6 Å². The smallest absolute Gasteiger partial charge is 0.355 e. The Morgan fingerprint density at radius 3 is 2.24 bits per heavy atom. The van der Waals surface area contributed by atoms with Crippen molar-refractivity contribution in [1.29, 1.82) is 0 Å². The van der Waals surface area contributed by atoms with Gasteiger partial charge in [0.15, 0.2) is 12.4 Å². The Labute approximate surface area is 579 Å². The lowest BCUT2D eigenvalue weighted by atomic mass is 9.85. The molecule has 0 spiro atoms. The maximum absolute atomic E-state index is 15.2. The number of rotatable bonds is 11. The molecule has 11 heterocycles. The number of nitrogens with one attached hydrogen (secondary N) is 6. The SMILES string of the molecule is CO/C(C)=C1/NC(=O)C(C(C)O)NC(=O)c2csc(n2)-c2cc(O)c(-c3nc(C(=O)NCCCN(C)C)cs3)nc2-c2csc(n2)C2COC(=O)c3[nH]c4cccc5c4c3COC(C(OC3CC(C)(O)C(N(C)C)C(C)O3)C(=O)OC5)C(NC(=O)c3csc1n3)c1nc(cs1)C(=O)N2. The van der Waals surface area contributed by atoms with Crippen LogP contribution >= 0.6 is 56.7 Å². The second-order valence-corrected chi connectivity index (χ2v) is 28.7. The highest BCUT2D eigenvalue weighted by Gasteiger charge is 2.50. The summed E-state index contributed by atoms with van der Waals surface area (Å²) in [6.45, 7) is 5.90. The first-order chi connectivity index (χ1) is 46.8. The number of amides is 5. The van der Waals surface area contributed by atoms with Crippen LogP contribution in [0.3, 0.4) is 0 Å². The van der Waals surface area contributed by atoms with Crippen LogP contribution in [0.2, 0.25) is 0 Å². The molecule has 35 heteroatoms. The van der Waals surface area contributed by atoms with E-state index in [1.165, 1.54) is 48.5 Å². The standard InChI is InChI=1S/C63H68N14O16S5/c1-26(78)42-55(84)74-43(27(2)88-9)58-70-38(25-96-58)54(83)75-47-48-49(93-40-17-63(4,87)50(77(7)8)28(3)92-40)62(86)90-18-29-12-10-13-32-41(29)31(19-89-48)45(65-32)61(85)91-20-33(66-52(81)36-24-98-60(47)71-36)57-67-34(21-95-57)44-30(56-68-37(23-94-56)53(82)73-42)16-39(79)46(72-44)59-69-35(22-97-59)51(80)64-14-11-15-76(5)6/h10,12-13,16,21-26,28,33,40,42,47-50,65,78-79,87H,11,14-15,17-20H2,1-9H3,(H,64,80)(H,66,81)(H,73,82)(H,74,84)(H,75,83)/b43-27+. The third-order valence-corrected chi connectivity index (χ3v) is 21.2. The van der Waals surface area contributed by atoms with Gasteiger partial charge in [-0.2, -0.15) is 0 Å². The number of carbonyl (C=O) groups excluding carboxylic acids is 7. The molecule has 0 saturated carbocycles. The van der Waals surface area contributed by atoms with Crippen LogP contribution in [0.1, 0.15) is 131 Å². The number of pyridine rings is 1. The van der Waals surface area contributed by atoms with Gasteiger partial charge >= 0.3 is 11.9 Å². The van der Waals surface area contributed by atoms with Crippen LogP contribution in [0.15, 0.2) is 56.9 Å². The molecular weight excluding hydrogens is 1370 g/mol. The van der Waals surface area contributed by atoms with Crippen molar-refractivity contribution in [1.82, 2.24) is 71.3 Å². The molecule has 98 heavy (non-hydrogen) atoms. The molecule has 7 aromatic heterocycles. The van der Waals surface area contributed by atoms with Gasteiger partial charge in [-0.15, -0.1) is 56.7 Å². The summed E-state index contributed by atoms with van der Waals surface area (Å²) in [4.78, 5) is 138. The number of hydrogen-bond acceptors (Lipinski definition) is 29. The topological polar surface area (TPSA) is 395 Å². The van der Waals surface area contributed by atoms with Gasteiger partial charge in [0.1, 0.15) is 125 Å². The van der Waals surface area contributed by atoms with Crippen molar-refractivity contribution in [2.45, 2.75) is 114 Å². The first kappa shape index (κ1) is 69.3. The molecule has 9 N–H and O–H groups in total. The van der Waals surface area contributed by atoms with Gasteiger partial charge in [0, 0.05) is 61.9 Å². The Balaban J connectivity index is 1.02. The number of H-pyrrole nitrogens is 1. The summed E-state index contributed by atoms with van der Waals surface area (Å²) in [5.41, 5.74) is -0.755. The summed E-state index contributed by atoms with van der Waals surface area (Å²) in [6, 6.07) is 1.47. The monoisotopic (exact) mass is 1440 g/mol. The number of aliphatic hydroxyl groups excluding tert-OH is 1. The second-order valence-electron chi connectivity index (χ2n) is 24.3. The number of benzene rings is 1. The molecule has 30 nitrogen and oxygen atoms in total. The largest absolute Gasteiger partial charge is 0.506 e. The third-order valence-electron chi connectivity index (χ3n) is 16.7. The summed E-state index contributed by atoms with van der Waals surface area (Å²) >= 11 is 4.87. The summed E-state index contributed by atoms with van der Waals surface area (Å²) in [5, 5.41) is 57.3. The van der Waals surface area contributed by atoms with Gasteiger partial charge in [0.2, 0.25) is 5.91 Å². The van der Waals surface area contributed by atoms with E-state index in [1.807, 2.05) is 23.9 Å². The lowest BCUT2D eigenvalue weighted by Crippen LogP contribution is -2.62. The lowest BCUT2D eigenvalue weighted by Gasteiger charge is -2.48. The van der Waals surface area contributed by atoms with E-state index in [4.69, 9.17) is 43.4 Å². The highest BCUT2D eigenvalue weighted by atomic mass is 32.1. The molecule has 8 aromatic rings. The van der Waals surface area contributed by atoms with Crippen molar-refractivity contribution in [3.63, 3.8) is 0 Å². The fourth-order valence-electron chi connectivity index (χ4n) is 12.0. The molecular formula is C63H68N14O16S5. The zero-order valence-corrected chi connectivity index (χ0v) is 58.2. The average molecular weight is 1440 g/mol. The number of hydrogen-bond donors (Lipinski definition) is 9. The minimum atomic E-state index is -1.84. The van der Waals surface area contributed by atoms with Crippen LogP contribution in [-0.4, -0.2) is 205 Å². The maximum Gasteiger partial charge on any atom is 0.355 e.